The second-order valence-electron chi connectivity index (χ2n) is 7.09. The van der Waals surface area contributed by atoms with Crippen LogP contribution in [0.2, 0.25) is 5.02 Å². The Hall–Kier alpha value is -2.64. The van der Waals surface area contributed by atoms with Crippen LogP contribution in [0.5, 0.6) is 11.5 Å². The molecular formula is C23H24ClNO5S. The van der Waals surface area contributed by atoms with E-state index in [1.165, 1.54) is 17.8 Å². The minimum Gasteiger partial charge on any atom is -0.493 e. The number of hydrogen-bond acceptors (Lipinski definition) is 6. The van der Waals surface area contributed by atoms with E-state index in [2.05, 4.69) is 5.32 Å². The summed E-state index contributed by atoms with van der Waals surface area (Å²) >= 11 is 7.66. The molecule has 2 atom stereocenters. The van der Waals surface area contributed by atoms with Gasteiger partial charge in [0.15, 0.2) is 11.5 Å². The number of carbonyl (C=O) groups excluding carboxylic acids is 2. The first-order valence-corrected chi connectivity index (χ1v) is 11.0. The normalized spacial score (nSPS) is 18.3. The molecule has 0 radical (unpaired) electrons. The van der Waals surface area contributed by atoms with Crippen molar-refractivity contribution in [2.24, 2.45) is 0 Å². The summed E-state index contributed by atoms with van der Waals surface area (Å²) in [5, 5.41) is 2.53. The van der Waals surface area contributed by atoms with E-state index in [4.69, 9.17) is 25.8 Å². The molecule has 3 rings (SSSR count). The number of rotatable bonds is 6. The number of anilines is 1. The zero-order valence-electron chi connectivity index (χ0n) is 17.7. The van der Waals surface area contributed by atoms with Crippen molar-refractivity contribution in [2.75, 3.05) is 19.5 Å². The summed E-state index contributed by atoms with van der Waals surface area (Å²) in [5.74, 6) is 0.417. The van der Waals surface area contributed by atoms with Gasteiger partial charge in [0.05, 0.1) is 25.6 Å². The molecule has 0 aliphatic carbocycles. The Morgan fingerprint density at radius 3 is 2.61 bits per heavy atom. The topological polar surface area (TPSA) is 73.9 Å². The monoisotopic (exact) mass is 461 g/mol. The van der Waals surface area contributed by atoms with Gasteiger partial charge in [-0.15, -0.1) is 11.8 Å². The Balaban J connectivity index is 2.07. The molecule has 0 fully saturated rings. The predicted octanol–water partition coefficient (Wildman–Crippen LogP) is 5.01. The molecule has 0 spiro atoms. The number of nitrogens with one attached hydrogen (secondary N) is 1. The number of methoxy groups -OCH3 is 2. The number of esters is 1. The molecule has 164 valence electrons. The van der Waals surface area contributed by atoms with E-state index in [0.717, 1.165) is 11.1 Å². The Kier molecular flexibility index (Phi) is 7.51. The fraction of sp³-hybridized carbons (Fsp3) is 0.304. The van der Waals surface area contributed by atoms with Crippen molar-refractivity contribution in [1.29, 1.82) is 0 Å². The quantitative estimate of drug-likeness (QED) is 0.481. The highest BCUT2D eigenvalue weighted by molar-refractivity contribution is 8.01. The molecule has 2 aromatic rings. The van der Waals surface area contributed by atoms with Gasteiger partial charge in [0, 0.05) is 22.3 Å². The van der Waals surface area contributed by atoms with Crippen LogP contribution in [0.25, 0.3) is 0 Å². The largest absolute Gasteiger partial charge is 0.493 e. The summed E-state index contributed by atoms with van der Waals surface area (Å²) in [5.41, 5.74) is 2.31. The van der Waals surface area contributed by atoms with Crippen LogP contribution in [0.15, 0.2) is 48.6 Å². The van der Waals surface area contributed by atoms with E-state index in [9.17, 15) is 9.59 Å². The van der Waals surface area contributed by atoms with Crippen LogP contribution in [-0.4, -0.2) is 37.4 Å². The third kappa shape index (κ3) is 5.35. The molecule has 0 saturated carbocycles. The van der Waals surface area contributed by atoms with E-state index in [0.29, 0.717) is 22.2 Å². The number of ether oxygens (including phenoxy) is 3. The molecule has 1 amide bonds. The van der Waals surface area contributed by atoms with Crippen LogP contribution in [-0.2, 0) is 14.3 Å². The fourth-order valence-corrected chi connectivity index (χ4v) is 4.78. The lowest BCUT2D eigenvalue weighted by atomic mass is 10.0. The van der Waals surface area contributed by atoms with Gasteiger partial charge in [-0.3, -0.25) is 4.79 Å². The van der Waals surface area contributed by atoms with Crippen molar-refractivity contribution >= 4 is 40.9 Å². The number of thioether (sulfide) groups is 1. The minimum atomic E-state index is -0.646. The summed E-state index contributed by atoms with van der Waals surface area (Å²) in [6.45, 7) is 3.54. The number of benzene rings is 2. The highest BCUT2D eigenvalue weighted by Crippen LogP contribution is 2.49. The van der Waals surface area contributed by atoms with Crippen LogP contribution in [0, 0.1) is 0 Å². The lowest BCUT2D eigenvalue weighted by Gasteiger charge is -2.22. The molecule has 2 aromatic carbocycles. The molecule has 1 N–H and O–H groups in total. The van der Waals surface area contributed by atoms with E-state index in [1.54, 1.807) is 46.3 Å². The average Bonchev–Trinajstić information content (AvgIpc) is 2.87. The molecule has 0 bridgehead atoms. The van der Waals surface area contributed by atoms with Gasteiger partial charge in [0.2, 0.25) is 5.91 Å². The summed E-state index contributed by atoms with van der Waals surface area (Å²) in [4.78, 5) is 24.9. The van der Waals surface area contributed by atoms with Gasteiger partial charge in [-0.05, 0) is 43.7 Å². The maximum absolute atomic E-state index is 12.9. The van der Waals surface area contributed by atoms with Crippen molar-refractivity contribution < 1.29 is 23.8 Å². The summed E-state index contributed by atoms with van der Waals surface area (Å²) in [6, 6.07) is 10.9. The Morgan fingerprint density at radius 2 is 1.94 bits per heavy atom. The smallest absolute Gasteiger partial charge is 0.330 e. The van der Waals surface area contributed by atoms with Crippen LogP contribution < -0.4 is 14.8 Å². The summed E-state index contributed by atoms with van der Waals surface area (Å²) in [6.07, 6.45) is 2.60. The highest BCUT2D eigenvalue weighted by Gasteiger charge is 2.33. The molecule has 6 nitrogen and oxygen atoms in total. The van der Waals surface area contributed by atoms with E-state index < -0.39 is 11.2 Å². The van der Waals surface area contributed by atoms with Gasteiger partial charge in [-0.25, -0.2) is 4.79 Å². The summed E-state index contributed by atoms with van der Waals surface area (Å²) < 4.78 is 16.2. The first-order chi connectivity index (χ1) is 14.8. The minimum absolute atomic E-state index is 0.243. The molecule has 1 aliphatic heterocycles. The van der Waals surface area contributed by atoms with Gasteiger partial charge in [0.25, 0.3) is 0 Å². The molecule has 1 aliphatic rings. The number of fused-ring (bicyclic) bond motifs is 1. The Labute approximate surface area is 190 Å². The molecule has 1 heterocycles. The molecule has 0 saturated heterocycles. The molecule has 31 heavy (non-hydrogen) atoms. The number of hydrogen-bond donors (Lipinski definition) is 1. The maximum Gasteiger partial charge on any atom is 0.330 e. The van der Waals surface area contributed by atoms with Crippen molar-refractivity contribution in [2.45, 2.75) is 30.5 Å². The third-order valence-corrected chi connectivity index (χ3v) is 6.25. The van der Waals surface area contributed by atoms with E-state index >= 15 is 0 Å². The van der Waals surface area contributed by atoms with Crippen molar-refractivity contribution in [1.82, 2.24) is 0 Å². The van der Waals surface area contributed by atoms with Gasteiger partial charge in [-0.2, -0.15) is 0 Å². The fourth-order valence-electron chi connectivity index (χ4n) is 3.28. The predicted molar refractivity (Wildman–Crippen MR) is 123 cm³/mol. The number of carbonyl (C=O) groups is 2. The molecule has 1 unspecified atom stereocenters. The van der Waals surface area contributed by atoms with Crippen molar-refractivity contribution in [3.8, 4) is 11.5 Å². The van der Waals surface area contributed by atoms with Gasteiger partial charge < -0.3 is 19.5 Å². The second kappa shape index (κ2) is 10.1. The van der Waals surface area contributed by atoms with Crippen LogP contribution in [0.1, 0.15) is 30.2 Å². The Morgan fingerprint density at radius 1 is 1.16 bits per heavy atom. The number of amides is 1. The van der Waals surface area contributed by atoms with Crippen LogP contribution in [0.3, 0.4) is 0 Å². The molecule has 8 heteroatoms. The van der Waals surface area contributed by atoms with Crippen molar-refractivity contribution in [3.05, 3.63) is 64.7 Å². The van der Waals surface area contributed by atoms with E-state index in [-0.39, 0.29) is 17.3 Å². The van der Waals surface area contributed by atoms with Gasteiger partial charge in [0.1, 0.15) is 5.25 Å². The molecule has 0 aromatic heterocycles. The van der Waals surface area contributed by atoms with Crippen molar-refractivity contribution in [3.63, 3.8) is 0 Å². The summed E-state index contributed by atoms with van der Waals surface area (Å²) in [7, 11) is 3.15. The zero-order valence-corrected chi connectivity index (χ0v) is 19.3. The van der Waals surface area contributed by atoms with Gasteiger partial charge in [-0.1, -0.05) is 29.8 Å². The SMILES string of the molecule is COc1cccc([C@H]2SC(/C=C/C(=O)OC(C)C)C(=O)Nc3ccc(Cl)cc32)c1OC. The lowest BCUT2D eigenvalue weighted by molar-refractivity contribution is -0.141. The Bertz CT molecular complexity index is 1010. The van der Waals surface area contributed by atoms with Gasteiger partial charge >= 0.3 is 5.97 Å². The first kappa shape index (κ1) is 23.0. The first-order valence-electron chi connectivity index (χ1n) is 9.69. The van der Waals surface area contributed by atoms with Crippen LogP contribution >= 0.6 is 23.4 Å². The number of halogens is 1. The standard InChI is InChI=1S/C23H24ClNO5S/c1-13(2)30-20(26)11-10-19-23(27)25-17-9-8-14(24)12-16(17)22(31-19)15-6-5-7-18(28-3)21(15)29-4/h5-13,19,22H,1-4H3,(H,25,27)/b11-10+/t19?,22-/m1/s1. The second-order valence-corrected chi connectivity index (χ2v) is 8.77. The third-order valence-electron chi connectivity index (χ3n) is 4.57. The molecular weight excluding hydrogens is 438 g/mol. The van der Waals surface area contributed by atoms with Crippen LogP contribution in [0.4, 0.5) is 5.69 Å². The highest BCUT2D eigenvalue weighted by atomic mass is 35.5. The zero-order chi connectivity index (χ0) is 22.5. The lowest BCUT2D eigenvalue weighted by Crippen LogP contribution is -2.22. The maximum atomic E-state index is 12.9. The average molecular weight is 462 g/mol. The van der Waals surface area contributed by atoms with E-state index in [1.807, 2.05) is 24.3 Å². The number of para-hydroxylation sites is 1.